The maximum atomic E-state index is 4.90. The first-order valence-corrected chi connectivity index (χ1v) is 29.3. The molecule has 0 fully saturated rings. The quantitative estimate of drug-likeness (QED) is 0.0426. The predicted molar refractivity (Wildman–Crippen MR) is 243 cm³/mol. The normalized spacial score (nSPS) is 12.9. The van der Waals surface area contributed by atoms with Gasteiger partial charge < -0.3 is 0 Å². The molecule has 50 heavy (non-hydrogen) atoms. The number of hydrogen-bond donors (Lipinski definition) is 0. The van der Waals surface area contributed by atoms with Crippen LogP contribution in [0.1, 0.15) is 285 Å². The van der Waals surface area contributed by atoms with Gasteiger partial charge in [-0.05, 0) is 0 Å². The first kappa shape index (κ1) is 50.9. The van der Waals surface area contributed by atoms with Gasteiger partial charge >= 0.3 is 330 Å². The first-order valence-electron chi connectivity index (χ1n) is 24.3. The van der Waals surface area contributed by atoms with Gasteiger partial charge in [0.15, 0.2) is 0 Å². The van der Waals surface area contributed by atoms with Gasteiger partial charge in [0.1, 0.15) is 0 Å². The van der Waals surface area contributed by atoms with Crippen molar-refractivity contribution in [2.24, 2.45) is 0 Å². The summed E-state index contributed by atoms with van der Waals surface area (Å²) in [6.45, 7) is 9.35. The van der Waals surface area contributed by atoms with Crippen LogP contribution in [-0.4, -0.2) is 24.6 Å². The molecule has 2 heteroatoms. The van der Waals surface area contributed by atoms with Crippen LogP contribution in [0.25, 0.3) is 0 Å². The van der Waals surface area contributed by atoms with Gasteiger partial charge in [-0.2, -0.15) is 0 Å². The monoisotopic (exact) mass is 787 g/mol. The Balaban J connectivity index is 5.06. The third kappa shape index (κ3) is 34.7. The third-order valence-electron chi connectivity index (χ3n) is 12.3. The molecule has 0 aliphatic carbocycles. The average Bonchev–Trinajstić information content (AvgIpc) is 3.12. The topological polar surface area (TPSA) is 0 Å². The molecule has 0 spiro atoms. The molecule has 0 nitrogen and oxygen atoms in total. The van der Waals surface area contributed by atoms with Crippen molar-refractivity contribution in [3.63, 3.8) is 0 Å². The van der Waals surface area contributed by atoms with Gasteiger partial charge in [0.25, 0.3) is 0 Å². The minimum atomic E-state index is -1.85. The van der Waals surface area contributed by atoms with Gasteiger partial charge in [0, 0.05) is 0 Å². The van der Waals surface area contributed by atoms with Crippen LogP contribution >= 0.6 is 20.8 Å². The molecule has 0 saturated heterocycles. The summed E-state index contributed by atoms with van der Waals surface area (Å²) >= 11 is 4.90. The first-order chi connectivity index (χ1) is 24.5. The molecule has 304 valence electrons. The Morgan fingerprint density at radius 2 is 0.320 bits per heavy atom. The molecule has 0 aliphatic rings. The van der Waals surface area contributed by atoms with Crippen molar-refractivity contribution >= 4 is 20.8 Å². The number of unbranched alkanes of at least 4 members (excludes halogenated alkanes) is 36. The molecule has 0 bridgehead atoms. The summed E-state index contributed by atoms with van der Waals surface area (Å²) in [7, 11) is 0. The van der Waals surface area contributed by atoms with Gasteiger partial charge in [-0.1, -0.05) is 0 Å². The molecule has 0 aromatic rings. The molecule has 0 unspecified atom stereocenters. The van der Waals surface area contributed by atoms with Crippen molar-refractivity contribution in [2.75, 3.05) is 24.6 Å². The molecule has 0 heterocycles. The van der Waals surface area contributed by atoms with Crippen molar-refractivity contribution in [3.8, 4) is 0 Å². The fraction of sp³-hybridized carbons (Fsp3) is 1.00. The summed E-state index contributed by atoms with van der Waals surface area (Å²) in [5.74, 6) is 0. The molecule has 0 rings (SSSR count). The summed E-state index contributed by atoms with van der Waals surface area (Å²) in [5.41, 5.74) is 0. The van der Waals surface area contributed by atoms with Crippen LogP contribution in [0.3, 0.4) is 0 Å². The van der Waals surface area contributed by atoms with E-state index in [1.807, 2.05) is 0 Å². The molecule has 0 radical (unpaired) electrons. The molecule has 0 N–H and O–H groups in total. The van der Waals surface area contributed by atoms with Crippen molar-refractivity contribution < 1.29 is 0 Å². The molecular weight excluding hydrogens is 687 g/mol. The van der Waals surface area contributed by atoms with Crippen molar-refractivity contribution in [1.82, 2.24) is 0 Å². The van der Waals surface area contributed by atoms with Crippen LogP contribution in [0.15, 0.2) is 0 Å². The Labute approximate surface area is 328 Å². The summed E-state index contributed by atoms with van der Waals surface area (Å²) in [4.78, 5) is 0. The fourth-order valence-electron chi connectivity index (χ4n) is 8.65. The second-order valence-electron chi connectivity index (χ2n) is 17.4. The molecule has 0 amide bonds. The van der Waals surface area contributed by atoms with E-state index in [1.54, 1.807) is 24.6 Å². The minimum absolute atomic E-state index is 1.37. The van der Waals surface area contributed by atoms with Crippen LogP contribution in [0.4, 0.5) is 0 Å². The van der Waals surface area contributed by atoms with Crippen LogP contribution in [0.2, 0.25) is 0 Å². The number of hydrogen-bond acceptors (Lipinski definition) is 0. The van der Waals surface area contributed by atoms with E-state index in [4.69, 9.17) is 15.5 Å². The van der Waals surface area contributed by atoms with Crippen LogP contribution in [-0.2, 0) is 0 Å². The summed E-state index contributed by atoms with van der Waals surface area (Å²) < 4.78 is 0. The molecular formula is C48H100BrP. The van der Waals surface area contributed by atoms with E-state index < -0.39 is 5.31 Å². The van der Waals surface area contributed by atoms with Gasteiger partial charge in [0.2, 0.25) is 0 Å². The predicted octanol–water partition coefficient (Wildman–Crippen LogP) is 19.5. The van der Waals surface area contributed by atoms with Crippen molar-refractivity contribution in [2.45, 2.75) is 285 Å². The maximum absolute atomic E-state index is 4.90. The van der Waals surface area contributed by atoms with Crippen LogP contribution < -0.4 is 0 Å². The summed E-state index contributed by atoms with van der Waals surface area (Å²) in [6.07, 6.45) is 65.0. The number of halogens is 1. The van der Waals surface area contributed by atoms with E-state index in [1.165, 1.54) is 257 Å². The van der Waals surface area contributed by atoms with Crippen LogP contribution in [0.5, 0.6) is 0 Å². The van der Waals surface area contributed by atoms with E-state index >= 15 is 0 Å². The number of rotatable bonds is 44. The standard InChI is InChI=1S/C48H100BrP/c1-5-9-13-17-21-25-29-33-37-41-45-50(49,46-42-38-34-30-26-22-18-14-10-6-2,47-43-39-35-31-27-23-19-15-11-7-3)48-44-40-36-32-28-24-20-16-12-8-4/h5-48H2,1-4H3. The van der Waals surface area contributed by atoms with Crippen molar-refractivity contribution in [3.05, 3.63) is 0 Å². The van der Waals surface area contributed by atoms with E-state index in [0.29, 0.717) is 0 Å². The molecule has 0 atom stereocenters. The van der Waals surface area contributed by atoms with E-state index in [2.05, 4.69) is 27.7 Å². The Hall–Kier alpha value is 0.910. The van der Waals surface area contributed by atoms with Gasteiger partial charge in [-0.15, -0.1) is 0 Å². The zero-order valence-corrected chi connectivity index (χ0v) is 38.4. The summed E-state index contributed by atoms with van der Waals surface area (Å²) in [5, 5.41) is -1.85. The van der Waals surface area contributed by atoms with Crippen molar-refractivity contribution in [1.29, 1.82) is 0 Å². The Kier molecular flexibility index (Phi) is 40.3. The van der Waals surface area contributed by atoms with E-state index in [9.17, 15) is 0 Å². The molecule has 0 aliphatic heterocycles. The SMILES string of the molecule is CCCCCCCCCCCCP(Br)(CCCCCCCCCCCC)(CCCCCCCCCCCC)CCCCCCCCCCCC. The van der Waals surface area contributed by atoms with Gasteiger partial charge in [0.05, 0.1) is 0 Å². The molecule has 0 aromatic heterocycles. The van der Waals surface area contributed by atoms with Gasteiger partial charge in [-0.25, -0.2) is 0 Å². The molecule has 0 aromatic carbocycles. The third-order valence-corrected chi connectivity index (χ3v) is 22.3. The average molecular weight is 788 g/mol. The second kappa shape index (κ2) is 39.6. The fourth-order valence-corrected chi connectivity index (χ4v) is 17.1. The van der Waals surface area contributed by atoms with E-state index in [0.717, 1.165) is 0 Å². The Morgan fingerprint density at radius 3 is 0.460 bits per heavy atom. The zero-order chi connectivity index (χ0) is 36.6. The van der Waals surface area contributed by atoms with Gasteiger partial charge in [-0.3, -0.25) is 0 Å². The summed E-state index contributed by atoms with van der Waals surface area (Å²) in [6, 6.07) is 0. The van der Waals surface area contributed by atoms with E-state index in [-0.39, 0.29) is 0 Å². The molecule has 0 saturated carbocycles. The Bertz CT molecular complexity index is 524. The Morgan fingerprint density at radius 1 is 0.200 bits per heavy atom. The zero-order valence-electron chi connectivity index (χ0n) is 35.9. The second-order valence-corrected chi connectivity index (χ2v) is 28.9. The van der Waals surface area contributed by atoms with Crippen LogP contribution in [0, 0.1) is 0 Å².